The normalized spacial score (nSPS) is 29.9. The van der Waals surface area contributed by atoms with Crippen LogP contribution >= 0.6 is 0 Å². The first-order chi connectivity index (χ1) is 21.7. The van der Waals surface area contributed by atoms with Crippen molar-refractivity contribution in [1.82, 2.24) is 20.3 Å². The second-order valence-corrected chi connectivity index (χ2v) is 12.5. The fourth-order valence-corrected chi connectivity index (χ4v) is 7.71. The lowest BCUT2D eigenvalue weighted by Gasteiger charge is -2.18. The molecule has 10 nitrogen and oxygen atoms in total. The number of allylic oxidation sites excluding steroid dienone is 2. The average molecular weight is 608 g/mol. The quantitative estimate of drug-likeness (QED) is 0.0847. The predicted molar refractivity (Wildman–Crippen MR) is 168 cm³/mol. The fraction of sp³-hybridized carbons (Fsp3) is 0.343. The van der Waals surface area contributed by atoms with Crippen molar-refractivity contribution >= 4 is 47.9 Å². The topological polar surface area (TPSA) is 135 Å². The third-order valence-corrected chi connectivity index (χ3v) is 10.4. The van der Waals surface area contributed by atoms with Crippen molar-refractivity contribution in [3.05, 3.63) is 84.8 Å². The number of methoxy groups -OCH3 is 1. The van der Waals surface area contributed by atoms with Crippen LogP contribution in [0, 0.1) is 31.6 Å². The highest BCUT2D eigenvalue weighted by Crippen LogP contribution is 2.58. The van der Waals surface area contributed by atoms with Crippen LogP contribution in [0.3, 0.4) is 0 Å². The lowest BCUT2D eigenvalue weighted by molar-refractivity contribution is -0.160. The molecule has 8 bridgehead atoms. The van der Waals surface area contributed by atoms with Crippen molar-refractivity contribution in [1.29, 1.82) is 0 Å². The fourth-order valence-electron chi connectivity index (χ4n) is 7.71. The molecule has 45 heavy (non-hydrogen) atoms. The number of nitrogens with one attached hydrogen (secondary N) is 4. The first kappa shape index (κ1) is 27.8. The predicted octanol–water partition coefficient (Wildman–Crippen LogP) is 3.47. The second kappa shape index (κ2) is 9.66. The number of Topliss-reactive ketones (excluding diaryl/α,β-unsaturated/α-hetero) is 1. The molecule has 230 valence electrons. The van der Waals surface area contributed by atoms with Crippen LogP contribution in [0.2, 0.25) is 0 Å². The average Bonchev–Trinajstić information content (AvgIpc) is 3.74. The van der Waals surface area contributed by atoms with E-state index in [0.29, 0.717) is 34.2 Å². The number of ketones is 1. The molecule has 0 saturated carbocycles. The Hall–Kier alpha value is -4.67. The summed E-state index contributed by atoms with van der Waals surface area (Å²) in [5.41, 5.74) is 10.3. The van der Waals surface area contributed by atoms with E-state index >= 15 is 0 Å². The van der Waals surface area contributed by atoms with Gasteiger partial charge in [-0.15, -0.1) is 0 Å². The highest BCUT2D eigenvalue weighted by molar-refractivity contribution is 6.24. The number of esters is 1. The van der Waals surface area contributed by atoms with Crippen molar-refractivity contribution in [2.45, 2.75) is 52.9 Å². The summed E-state index contributed by atoms with van der Waals surface area (Å²) in [5.74, 6) is -1.90. The summed E-state index contributed by atoms with van der Waals surface area (Å²) in [6.45, 7) is 12.2. The van der Waals surface area contributed by atoms with E-state index in [1.165, 1.54) is 7.11 Å². The van der Waals surface area contributed by atoms with Gasteiger partial charge >= 0.3 is 18.4 Å². The number of H-pyrrole nitrogens is 3. The third kappa shape index (κ3) is 3.85. The molecule has 0 radical (unpaired) electrons. The minimum Gasteiger partial charge on any atom is -0.468 e. The Labute approximate surface area is 259 Å². The Morgan fingerprint density at radius 1 is 1.07 bits per heavy atom. The number of hydrogen-bond acceptors (Lipinski definition) is 6. The first-order valence-electron chi connectivity index (χ1n) is 15.4. The Morgan fingerprint density at radius 3 is 2.44 bits per heavy atom. The molecule has 10 heteroatoms. The molecule has 8 rings (SSSR count). The Bertz CT molecular complexity index is 2060. The molecule has 1 aliphatic carbocycles. The Morgan fingerprint density at radius 2 is 1.80 bits per heavy atom. The highest BCUT2D eigenvalue weighted by atomic mass is 17.5. The lowest BCUT2D eigenvalue weighted by atomic mass is 9.84. The van der Waals surface area contributed by atoms with Crippen molar-refractivity contribution in [3.8, 4) is 0 Å². The molecule has 3 fully saturated rings. The van der Waals surface area contributed by atoms with E-state index in [9.17, 15) is 14.4 Å². The molecule has 0 aromatic carbocycles. The summed E-state index contributed by atoms with van der Waals surface area (Å²) >= 11 is 0. The van der Waals surface area contributed by atoms with Gasteiger partial charge in [-0.2, -0.15) is 4.52 Å². The molecule has 0 amide bonds. The summed E-state index contributed by atoms with van der Waals surface area (Å²) < 4.78 is 8.02. The molecule has 0 unspecified atom stereocenters. The van der Waals surface area contributed by atoms with E-state index in [0.717, 1.165) is 68.8 Å². The molecule has 3 saturated heterocycles. The minimum atomic E-state index is -1.08. The standard InChI is InChI=1S/C35H34N4O6/c1-7-17-14(3)21-10-22-15(4)19(9-27-35-44-45(27)35)31(38-22)29-30(34(42)43-6)33(41)28-16(5)23(39-32(28)29)11-25-18(8-2)20(13-40)26(37-25)12-24(17)36-21/h7,10-13,15,19,27,30,35-37H,1,8-9H2,2-6H3,(H-,38,39,40,41)/p+1/b22-10-,26-12-/t15-,19-,27-,30+,35+/m0/s1. The molecule has 7 heterocycles. The van der Waals surface area contributed by atoms with Gasteiger partial charge in [-0.3, -0.25) is 14.4 Å². The summed E-state index contributed by atoms with van der Waals surface area (Å²) in [7, 11) is 1.32. The van der Waals surface area contributed by atoms with Gasteiger partial charge in [-0.25, -0.2) is 0 Å². The summed E-state index contributed by atoms with van der Waals surface area (Å²) in [5, 5.41) is 5.16. The maximum Gasteiger partial charge on any atom is 0.445 e. The van der Waals surface area contributed by atoms with Crippen molar-refractivity contribution < 1.29 is 28.5 Å². The number of epoxide rings is 1. The number of rotatable bonds is 6. The minimum absolute atomic E-state index is 0.00895. The van der Waals surface area contributed by atoms with Gasteiger partial charge in [0.15, 0.2) is 12.1 Å². The van der Waals surface area contributed by atoms with E-state index in [-0.39, 0.29) is 30.0 Å². The smallest absolute Gasteiger partial charge is 0.445 e. The number of ether oxygens (including phenoxy) is 1. The van der Waals surface area contributed by atoms with Crippen molar-refractivity contribution in [2.24, 2.45) is 17.8 Å². The van der Waals surface area contributed by atoms with E-state index in [2.05, 4.69) is 44.4 Å². The van der Waals surface area contributed by atoms with Gasteiger partial charge in [-0.1, -0.05) is 26.5 Å². The Balaban J connectivity index is 1.46. The number of aromatic amines is 3. The molecule has 5 atom stereocenters. The highest BCUT2D eigenvalue weighted by Gasteiger charge is 2.83. The number of fused-ring (bicyclic) bond motifs is 8. The zero-order valence-electron chi connectivity index (χ0n) is 25.8. The monoisotopic (exact) mass is 607 g/mol. The van der Waals surface area contributed by atoms with Crippen LogP contribution < -0.4 is 16.0 Å². The zero-order valence-corrected chi connectivity index (χ0v) is 25.8. The number of aromatic nitrogens is 3. The zero-order chi connectivity index (χ0) is 31.5. The van der Waals surface area contributed by atoms with E-state index in [4.69, 9.17) is 9.62 Å². The van der Waals surface area contributed by atoms with Crippen molar-refractivity contribution in [2.75, 3.05) is 7.11 Å². The van der Waals surface area contributed by atoms with E-state index in [1.807, 2.05) is 39.0 Å². The summed E-state index contributed by atoms with van der Waals surface area (Å²) in [6.07, 6.45) is 10.5. The molecule has 3 aromatic rings. The van der Waals surface area contributed by atoms with Crippen LogP contribution in [0.1, 0.15) is 86.0 Å². The van der Waals surface area contributed by atoms with Crippen LogP contribution in [0.5, 0.6) is 0 Å². The van der Waals surface area contributed by atoms with Crippen LogP contribution in [-0.2, 0) is 25.4 Å². The molecule has 4 N–H and O–H groups in total. The van der Waals surface area contributed by atoms with Gasteiger partial charge in [0, 0.05) is 74.3 Å². The molecule has 0 spiro atoms. The number of carbonyl (C=O) groups excluding carboxylic acids is 3. The molecule has 3 aromatic heterocycles. The second-order valence-electron chi connectivity index (χ2n) is 12.5. The molecule has 5 aliphatic rings. The first-order valence-corrected chi connectivity index (χ1v) is 15.4. The van der Waals surface area contributed by atoms with Crippen LogP contribution in [-0.4, -0.2) is 52.5 Å². The maximum absolute atomic E-state index is 14.1. The van der Waals surface area contributed by atoms with Crippen LogP contribution in [0.25, 0.3) is 29.9 Å². The number of carbonyl (C=O) groups is 3. The van der Waals surface area contributed by atoms with Gasteiger partial charge in [0.05, 0.1) is 18.2 Å². The van der Waals surface area contributed by atoms with Gasteiger partial charge in [0.1, 0.15) is 5.92 Å². The number of hydrogen-bond donors (Lipinski definition) is 4. The van der Waals surface area contributed by atoms with Crippen LogP contribution in [0.15, 0.2) is 18.0 Å². The van der Waals surface area contributed by atoms with Crippen molar-refractivity contribution in [3.63, 3.8) is 0 Å². The molecule has 4 aliphatic heterocycles. The maximum atomic E-state index is 14.1. The van der Waals surface area contributed by atoms with E-state index in [1.54, 1.807) is 0 Å². The largest absolute Gasteiger partial charge is 0.468 e. The summed E-state index contributed by atoms with van der Waals surface area (Å²) in [4.78, 5) is 55.8. The van der Waals surface area contributed by atoms with Gasteiger partial charge in [-0.05, 0) is 60.1 Å². The van der Waals surface area contributed by atoms with Gasteiger partial charge in [0.25, 0.3) is 0 Å². The van der Waals surface area contributed by atoms with Gasteiger partial charge in [0.2, 0.25) is 0 Å². The lowest BCUT2D eigenvalue weighted by Crippen LogP contribution is -2.25. The molecular weight excluding hydrogens is 572 g/mol. The SMILES string of the molecule is C=Cc1c2[nH]c(c1C)/C=C1\N/C(=C3\c4[nH]c(c(C)c4C(=O)[C@@H]3C(=O)OC)/C=c3\[nH]/c(c(C=O)c3CC)=C\2)[C@@H](C[C@H]2[C@@H]3O[O+]23)[C@@H]1C. The van der Waals surface area contributed by atoms with Gasteiger partial charge < -0.3 is 25.0 Å². The Kier molecular flexibility index (Phi) is 5.98. The van der Waals surface area contributed by atoms with E-state index < -0.39 is 11.9 Å². The molecular formula is C35H35N4O6+. The number of aldehydes is 1. The van der Waals surface area contributed by atoms with Crippen LogP contribution in [0.4, 0.5) is 0 Å². The third-order valence-electron chi connectivity index (χ3n) is 10.4. The summed E-state index contributed by atoms with van der Waals surface area (Å²) in [6, 6.07) is 0.